The van der Waals surface area contributed by atoms with Gasteiger partial charge in [0.25, 0.3) is 0 Å². The van der Waals surface area contributed by atoms with E-state index >= 15 is 0 Å². The van der Waals surface area contributed by atoms with Gasteiger partial charge in [0.15, 0.2) is 17.5 Å². The molecule has 0 unspecified atom stereocenters. The molecule has 0 radical (unpaired) electrons. The number of benzene rings is 1. The number of ether oxygens (including phenoxy) is 4. The van der Waals surface area contributed by atoms with Crippen LogP contribution in [0.1, 0.15) is 37.7 Å². The molecule has 1 aromatic rings. The second kappa shape index (κ2) is 15.9. The number of nitrogens with zero attached hydrogens (tertiary/aromatic N) is 1. The summed E-state index contributed by atoms with van der Waals surface area (Å²) in [7, 11) is 7.93. The number of halogens is 1. The zero-order valence-electron chi connectivity index (χ0n) is 18.0. The molecule has 0 bridgehead atoms. The highest BCUT2D eigenvalue weighted by Gasteiger charge is 2.13. The molecule has 0 heterocycles. The number of aliphatic imine (C=N–C) groups is 1. The van der Waals surface area contributed by atoms with Gasteiger partial charge in [0.05, 0.1) is 28.4 Å². The Bertz CT molecular complexity index is 616. The number of carbonyl (C=O) groups excluding carboxylic acids is 1. The lowest BCUT2D eigenvalue weighted by atomic mass is 10.1. The van der Waals surface area contributed by atoms with Crippen molar-refractivity contribution in [3.8, 4) is 17.2 Å². The van der Waals surface area contributed by atoms with Crippen LogP contribution in [0.25, 0.3) is 0 Å². The predicted molar refractivity (Wildman–Crippen MR) is 125 cm³/mol. The number of carbonyl (C=O) groups is 1. The summed E-state index contributed by atoms with van der Waals surface area (Å²) in [5.74, 6) is 2.39. The molecule has 0 amide bonds. The van der Waals surface area contributed by atoms with Gasteiger partial charge >= 0.3 is 5.97 Å². The molecule has 0 fully saturated rings. The molecule has 0 aliphatic heterocycles. The summed E-state index contributed by atoms with van der Waals surface area (Å²) < 4.78 is 20.7. The second-order valence-corrected chi connectivity index (χ2v) is 6.13. The van der Waals surface area contributed by atoms with E-state index in [9.17, 15) is 4.79 Å². The average molecular weight is 523 g/mol. The van der Waals surface area contributed by atoms with Crippen molar-refractivity contribution in [3.05, 3.63) is 17.7 Å². The Morgan fingerprint density at radius 2 is 1.55 bits per heavy atom. The van der Waals surface area contributed by atoms with Gasteiger partial charge in [-0.3, -0.25) is 9.79 Å². The number of hydrogen-bond donors (Lipinski definition) is 2. The molecule has 2 N–H and O–H groups in total. The maximum Gasteiger partial charge on any atom is 0.305 e. The smallest absolute Gasteiger partial charge is 0.305 e. The first-order valence-electron chi connectivity index (χ1n) is 9.39. The van der Waals surface area contributed by atoms with E-state index in [1.54, 1.807) is 28.4 Å². The molecule has 0 saturated heterocycles. The van der Waals surface area contributed by atoms with Crippen LogP contribution in [0.3, 0.4) is 0 Å². The van der Waals surface area contributed by atoms with Crippen molar-refractivity contribution in [1.29, 1.82) is 0 Å². The molecule has 166 valence electrons. The Morgan fingerprint density at radius 3 is 2.07 bits per heavy atom. The zero-order valence-corrected chi connectivity index (χ0v) is 20.3. The Morgan fingerprint density at radius 1 is 0.931 bits per heavy atom. The minimum Gasteiger partial charge on any atom is -0.493 e. The van der Waals surface area contributed by atoms with Gasteiger partial charge in [0.1, 0.15) is 0 Å². The lowest BCUT2D eigenvalue weighted by Gasteiger charge is -2.16. The largest absolute Gasteiger partial charge is 0.493 e. The van der Waals surface area contributed by atoms with Gasteiger partial charge in [-0.05, 0) is 30.5 Å². The molecular formula is C20H34IN3O5. The van der Waals surface area contributed by atoms with E-state index in [1.165, 1.54) is 7.11 Å². The van der Waals surface area contributed by atoms with E-state index in [1.807, 2.05) is 12.1 Å². The van der Waals surface area contributed by atoms with E-state index in [0.29, 0.717) is 30.2 Å². The van der Waals surface area contributed by atoms with Gasteiger partial charge in [-0.25, -0.2) is 0 Å². The van der Waals surface area contributed by atoms with Crippen LogP contribution in [-0.4, -0.2) is 54.0 Å². The molecule has 9 heteroatoms. The van der Waals surface area contributed by atoms with Crippen LogP contribution in [0.2, 0.25) is 0 Å². The summed E-state index contributed by atoms with van der Waals surface area (Å²) >= 11 is 0. The van der Waals surface area contributed by atoms with Crippen LogP contribution in [0.5, 0.6) is 17.2 Å². The lowest BCUT2D eigenvalue weighted by Crippen LogP contribution is -2.37. The Kier molecular flexibility index (Phi) is 14.9. The van der Waals surface area contributed by atoms with Crippen LogP contribution in [0, 0.1) is 0 Å². The number of rotatable bonds is 12. The normalized spacial score (nSPS) is 10.6. The Balaban J connectivity index is 0.00000784. The third-order valence-corrected chi connectivity index (χ3v) is 4.24. The maximum atomic E-state index is 11.1. The quantitative estimate of drug-likeness (QED) is 0.143. The van der Waals surface area contributed by atoms with Gasteiger partial charge in [-0.15, -0.1) is 24.0 Å². The number of methoxy groups -OCH3 is 4. The van der Waals surface area contributed by atoms with Crippen LogP contribution in [-0.2, 0) is 16.1 Å². The summed E-state index contributed by atoms with van der Waals surface area (Å²) in [4.78, 5) is 15.3. The minimum atomic E-state index is -0.144. The molecule has 0 atom stereocenters. The standard InChI is InChI=1S/C20H33N3O5.HI/c1-21-20(22-11-9-7-6-8-10-18(24)27-4)23-14-15-12-16(25-2)19(28-5)17(13-15)26-3;/h12-13H,6-11,14H2,1-5H3,(H2,21,22,23);1H. The zero-order chi connectivity index (χ0) is 20.8. The first-order chi connectivity index (χ1) is 13.6. The Hall–Kier alpha value is -1.91. The van der Waals surface area contributed by atoms with Crippen molar-refractivity contribution < 1.29 is 23.7 Å². The molecular weight excluding hydrogens is 489 g/mol. The van der Waals surface area contributed by atoms with Crippen LogP contribution in [0.4, 0.5) is 0 Å². The van der Waals surface area contributed by atoms with Crippen molar-refractivity contribution in [2.75, 3.05) is 42.0 Å². The maximum absolute atomic E-state index is 11.1. The van der Waals surface area contributed by atoms with Crippen LogP contribution < -0.4 is 24.8 Å². The third-order valence-electron chi connectivity index (χ3n) is 4.24. The van der Waals surface area contributed by atoms with Gasteiger partial charge in [0, 0.05) is 26.6 Å². The van der Waals surface area contributed by atoms with Gasteiger partial charge < -0.3 is 29.6 Å². The second-order valence-electron chi connectivity index (χ2n) is 6.13. The van der Waals surface area contributed by atoms with Gasteiger partial charge in [0.2, 0.25) is 5.75 Å². The Labute approximate surface area is 190 Å². The van der Waals surface area contributed by atoms with Crippen molar-refractivity contribution in [1.82, 2.24) is 10.6 Å². The number of esters is 1. The number of hydrogen-bond acceptors (Lipinski definition) is 6. The number of nitrogens with one attached hydrogen (secondary N) is 2. The van der Waals surface area contributed by atoms with E-state index in [-0.39, 0.29) is 29.9 Å². The molecule has 0 spiro atoms. The fourth-order valence-corrected chi connectivity index (χ4v) is 2.70. The fourth-order valence-electron chi connectivity index (χ4n) is 2.70. The van der Waals surface area contributed by atoms with Crippen molar-refractivity contribution in [2.24, 2.45) is 4.99 Å². The van der Waals surface area contributed by atoms with Crippen molar-refractivity contribution >= 4 is 35.9 Å². The van der Waals surface area contributed by atoms with Crippen molar-refractivity contribution in [2.45, 2.75) is 38.6 Å². The summed E-state index contributed by atoms with van der Waals surface area (Å²) in [6, 6.07) is 3.81. The van der Waals surface area contributed by atoms with Crippen LogP contribution >= 0.6 is 24.0 Å². The van der Waals surface area contributed by atoms with E-state index in [2.05, 4.69) is 20.4 Å². The molecule has 1 aromatic carbocycles. The summed E-state index contributed by atoms with van der Waals surface area (Å²) in [6.45, 7) is 1.38. The van der Waals surface area contributed by atoms with Gasteiger partial charge in [-0.1, -0.05) is 12.8 Å². The molecule has 0 saturated carbocycles. The lowest BCUT2D eigenvalue weighted by molar-refractivity contribution is -0.140. The first-order valence-corrected chi connectivity index (χ1v) is 9.39. The van der Waals surface area contributed by atoms with Gasteiger partial charge in [-0.2, -0.15) is 0 Å². The van der Waals surface area contributed by atoms with Crippen molar-refractivity contribution in [3.63, 3.8) is 0 Å². The summed E-state index contributed by atoms with van der Waals surface area (Å²) in [5, 5.41) is 6.57. The molecule has 0 aliphatic carbocycles. The van der Waals surface area contributed by atoms with E-state index in [0.717, 1.165) is 43.8 Å². The molecule has 0 aromatic heterocycles. The SMILES string of the molecule is CN=C(NCCCCCCC(=O)OC)NCc1cc(OC)c(OC)c(OC)c1.I. The average Bonchev–Trinajstić information content (AvgIpc) is 2.73. The van der Waals surface area contributed by atoms with E-state index in [4.69, 9.17) is 14.2 Å². The highest BCUT2D eigenvalue weighted by atomic mass is 127. The first kappa shape index (κ1) is 27.1. The molecule has 8 nitrogen and oxygen atoms in total. The van der Waals surface area contributed by atoms with Crippen LogP contribution in [0.15, 0.2) is 17.1 Å². The summed E-state index contributed by atoms with van der Waals surface area (Å²) in [5.41, 5.74) is 0.986. The molecule has 29 heavy (non-hydrogen) atoms. The summed E-state index contributed by atoms with van der Waals surface area (Å²) in [6.07, 6.45) is 4.41. The van der Waals surface area contributed by atoms with E-state index < -0.39 is 0 Å². The predicted octanol–water partition coefficient (Wildman–Crippen LogP) is 3.12. The topological polar surface area (TPSA) is 90.4 Å². The number of guanidine groups is 1. The monoisotopic (exact) mass is 523 g/mol. The molecule has 1 rings (SSSR count). The highest BCUT2D eigenvalue weighted by Crippen LogP contribution is 2.38. The highest BCUT2D eigenvalue weighted by molar-refractivity contribution is 14.0. The number of unbranched alkanes of at least 4 members (excludes halogenated alkanes) is 3. The molecule has 0 aliphatic rings. The minimum absolute atomic E-state index is 0. The third kappa shape index (κ3) is 9.91. The fraction of sp³-hybridized carbons (Fsp3) is 0.600.